The Morgan fingerprint density at radius 1 is 0.591 bits per heavy atom. The van der Waals surface area contributed by atoms with Crippen LogP contribution < -0.4 is 0 Å². The molecule has 1 unspecified atom stereocenters. The van der Waals surface area contributed by atoms with Crippen molar-refractivity contribution in [3.63, 3.8) is 0 Å². The van der Waals surface area contributed by atoms with Gasteiger partial charge in [-0.15, -0.1) is 0 Å². The number of rotatable bonds is 2. The molecule has 0 aliphatic heterocycles. The maximum Gasteiger partial charge on any atom is 0.200 e. The van der Waals surface area contributed by atoms with Gasteiger partial charge in [-0.1, -0.05) is 0 Å². The molecule has 10 heteroatoms. The van der Waals surface area contributed by atoms with E-state index in [-0.39, 0.29) is 0 Å². The lowest BCUT2D eigenvalue weighted by molar-refractivity contribution is 0.109. The molecule has 0 radical (unpaired) electrons. The average molecular weight is 334 g/mol. The topological polar surface area (TPSA) is 20.2 Å². The SMILES string of the molecule is OC(c1c(F)c(F)c(F)c(F)c1F)C1C(F)=C(F)C(F)=C1F. The largest absolute Gasteiger partial charge is 0.387 e. The Balaban J connectivity index is 2.64. The highest BCUT2D eigenvalue weighted by Gasteiger charge is 2.44. The molecule has 0 bridgehead atoms. The molecule has 1 aliphatic rings. The fourth-order valence-corrected chi connectivity index (χ4v) is 1.92. The minimum Gasteiger partial charge on any atom is -0.387 e. The fourth-order valence-electron chi connectivity index (χ4n) is 1.92. The number of benzene rings is 1. The smallest absolute Gasteiger partial charge is 0.200 e. The molecule has 22 heavy (non-hydrogen) atoms. The molecule has 0 saturated carbocycles. The van der Waals surface area contributed by atoms with E-state index in [0.717, 1.165) is 0 Å². The van der Waals surface area contributed by atoms with Gasteiger partial charge in [0.1, 0.15) is 6.10 Å². The zero-order valence-electron chi connectivity index (χ0n) is 10.0. The van der Waals surface area contributed by atoms with Crippen molar-refractivity contribution in [1.82, 2.24) is 0 Å². The summed E-state index contributed by atoms with van der Waals surface area (Å²) in [6.07, 6.45) is -3.08. The second-order valence-corrected chi connectivity index (χ2v) is 4.23. The lowest BCUT2D eigenvalue weighted by atomic mass is 9.94. The Kier molecular flexibility index (Phi) is 3.98. The third kappa shape index (κ3) is 2.09. The molecule has 2 rings (SSSR count). The quantitative estimate of drug-likeness (QED) is 0.484. The van der Waals surface area contributed by atoms with E-state index in [1.807, 2.05) is 0 Å². The number of allylic oxidation sites excluding steroid dienone is 2. The Labute approximate surface area is 116 Å². The number of halogens is 9. The molecule has 0 saturated heterocycles. The number of aliphatic hydroxyl groups excluding tert-OH is 1. The fraction of sp³-hybridized carbons (Fsp3) is 0.167. The van der Waals surface area contributed by atoms with E-state index in [1.54, 1.807) is 0 Å². The standard InChI is InChI=1S/C12H3F9O/c13-3-1(4(14)8(18)7(3)17)12(22)2-5(15)9(19)11(21)10(20)6(2)16/h1,12,22H. The molecule has 0 spiro atoms. The molecule has 0 heterocycles. The summed E-state index contributed by atoms with van der Waals surface area (Å²) in [6.45, 7) is 0. The first kappa shape index (κ1) is 16.4. The number of hydrogen-bond acceptors (Lipinski definition) is 1. The summed E-state index contributed by atoms with van der Waals surface area (Å²) >= 11 is 0. The Morgan fingerprint density at radius 2 is 0.909 bits per heavy atom. The van der Waals surface area contributed by atoms with Crippen LogP contribution >= 0.6 is 0 Å². The van der Waals surface area contributed by atoms with Crippen molar-refractivity contribution in [2.75, 3.05) is 0 Å². The summed E-state index contributed by atoms with van der Waals surface area (Å²) in [5, 5.41) is 9.48. The van der Waals surface area contributed by atoms with Crippen LogP contribution in [-0.2, 0) is 0 Å². The van der Waals surface area contributed by atoms with Crippen molar-refractivity contribution in [3.8, 4) is 0 Å². The van der Waals surface area contributed by atoms with Crippen LogP contribution in [0.5, 0.6) is 0 Å². The first-order chi connectivity index (χ1) is 10.1. The highest BCUT2D eigenvalue weighted by atomic mass is 19.2. The Morgan fingerprint density at radius 3 is 1.27 bits per heavy atom. The van der Waals surface area contributed by atoms with E-state index in [0.29, 0.717) is 0 Å². The summed E-state index contributed by atoms with van der Waals surface area (Å²) in [4.78, 5) is 0. The van der Waals surface area contributed by atoms with Crippen LogP contribution in [0, 0.1) is 35.0 Å². The third-order valence-electron chi connectivity index (χ3n) is 3.01. The van der Waals surface area contributed by atoms with E-state index in [9.17, 15) is 44.6 Å². The number of aliphatic hydroxyl groups is 1. The van der Waals surface area contributed by atoms with Gasteiger partial charge in [-0.25, -0.2) is 39.5 Å². The van der Waals surface area contributed by atoms with Gasteiger partial charge in [-0.05, 0) is 0 Å². The van der Waals surface area contributed by atoms with Gasteiger partial charge in [0, 0.05) is 0 Å². The second-order valence-electron chi connectivity index (χ2n) is 4.23. The maximum absolute atomic E-state index is 13.4. The highest BCUT2D eigenvalue weighted by molar-refractivity contribution is 5.40. The normalized spacial score (nSPS) is 17.7. The molecule has 1 aliphatic carbocycles. The zero-order valence-corrected chi connectivity index (χ0v) is 10.0. The van der Waals surface area contributed by atoms with E-state index >= 15 is 0 Å². The molecule has 0 fully saturated rings. The van der Waals surface area contributed by atoms with Gasteiger partial charge < -0.3 is 5.11 Å². The molecular weight excluding hydrogens is 331 g/mol. The number of hydrogen-bond donors (Lipinski definition) is 1. The minimum atomic E-state index is -3.08. The van der Waals surface area contributed by atoms with Crippen LogP contribution in [0.4, 0.5) is 39.5 Å². The van der Waals surface area contributed by atoms with Crippen molar-refractivity contribution in [1.29, 1.82) is 0 Å². The van der Waals surface area contributed by atoms with Crippen LogP contribution in [0.1, 0.15) is 11.7 Å². The van der Waals surface area contributed by atoms with Crippen molar-refractivity contribution < 1.29 is 44.6 Å². The van der Waals surface area contributed by atoms with Gasteiger partial charge in [0.15, 0.2) is 46.6 Å². The molecule has 1 nitrogen and oxygen atoms in total. The van der Waals surface area contributed by atoms with Gasteiger partial charge in [-0.2, -0.15) is 0 Å². The Bertz CT molecular complexity index is 669. The predicted molar refractivity (Wildman–Crippen MR) is 53.2 cm³/mol. The molecule has 1 aromatic rings. The van der Waals surface area contributed by atoms with Gasteiger partial charge in [0.25, 0.3) is 0 Å². The summed E-state index contributed by atoms with van der Waals surface area (Å²) in [5.41, 5.74) is -2.01. The second kappa shape index (κ2) is 5.34. The van der Waals surface area contributed by atoms with Crippen LogP contribution in [0.25, 0.3) is 0 Å². The van der Waals surface area contributed by atoms with Crippen molar-refractivity contribution in [2.24, 2.45) is 5.92 Å². The summed E-state index contributed by atoms with van der Waals surface area (Å²) < 4.78 is 118. The van der Waals surface area contributed by atoms with E-state index in [2.05, 4.69) is 0 Å². The lowest BCUT2D eigenvalue weighted by Gasteiger charge is -2.19. The highest BCUT2D eigenvalue weighted by Crippen LogP contribution is 2.47. The van der Waals surface area contributed by atoms with Gasteiger partial charge >= 0.3 is 0 Å². The van der Waals surface area contributed by atoms with Crippen LogP contribution in [0.3, 0.4) is 0 Å². The lowest BCUT2D eigenvalue weighted by Crippen LogP contribution is -2.18. The van der Waals surface area contributed by atoms with Gasteiger partial charge in [0.05, 0.1) is 11.5 Å². The predicted octanol–water partition coefficient (Wildman–Crippen LogP) is 4.35. The van der Waals surface area contributed by atoms with Crippen molar-refractivity contribution in [3.05, 3.63) is 58.0 Å². The molecule has 1 N–H and O–H groups in total. The molecule has 120 valence electrons. The molecule has 0 amide bonds. The monoisotopic (exact) mass is 334 g/mol. The van der Waals surface area contributed by atoms with Crippen molar-refractivity contribution >= 4 is 0 Å². The summed E-state index contributed by atoms with van der Waals surface area (Å²) in [7, 11) is 0. The van der Waals surface area contributed by atoms with E-state index in [4.69, 9.17) is 0 Å². The Hall–Kier alpha value is -1.97. The zero-order chi connectivity index (χ0) is 16.9. The maximum atomic E-state index is 13.4. The summed E-state index contributed by atoms with van der Waals surface area (Å²) in [6, 6.07) is 0. The average Bonchev–Trinajstić information content (AvgIpc) is 2.67. The summed E-state index contributed by atoms with van der Waals surface area (Å²) in [5.74, 6) is -24.9. The molecule has 0 aromatic heterocycles. The minimum absolute atomic E-state index is 2.01. The van der Waals surface area contributed by atoms with Crippen LogP contribution in [-0.4, -0.2) is 5.11 Å². The van der Waals surface area contributed by atoms with E-state index in [1.165, 1.54) is 0 Å². The van der Waals surface area contributed by atoms with Crippen LogP contribution in [0.2, 0.25) is 0 Å². The molecule has 1 atom stereocenters. The van der Waals surface area contributed by atoms with Gasteiger partial charge in [-0.3, -0.25) is 0 Å². The first-order valence-electron chi connectivity index (χ1n) is 5.41. The molecule has 1 aromatic carbocycles. The molecular formula is C12H3F9O. The third-order valence-corrected chi connectivity index (χ3v) is 3.01. The van der Waals surface area contributed by atoms with Gasteiger partial charge in [0.2, 0.25) is 5.82 Å². The van der Waals surface area contributed by atoms with Crippen molar-refractivity contribution in [2.45, 2.75) is 6.10 Å². The van der Waals surface area contributed by atoms with E-state index < -0.39 is 70.0 Å². The van der Waals surface area contributed by atoms with Crippen LogP contribution in [0.15, 0.2) is 23.3 Å². The first-order valence-corrected chi connectivity index (χ1v) is 5.41.